The fourth-order valence-electron chi connectivity index (χ4n) is 1.33. The number of ether oxygens (including phenoxy) is 2. The molecule has 0 unspecified atom stereocenters. The highest BCUT2D eigenvalue weighted by molar-refractivity contribution is 5.92. The predicted molar refractivity (Wildman–Crippen MR) is 60.4 cm³/mol. The molecular formula is C12H16O4. The molecule has 0 saturated carbocycles. The summed E-state index contributed by atoms with van der Waals surface area (Å²) in [5, 5.41) is 8.96. The Kier molecular flexibility index (Phi) is 4.64. The zero-order valence-electron chi connectivity index (χ0n) is 9.53. The summed E-state index contributed by atoms with van der Waals surface area (Å²) in [4.78, 5) is 10.9. The Balaban J connectivity index is 2.90. The summed E-state index contributed by atoms with van der Waals surface area (Å²) < 4.78 is 10.5. The molecule has 1 N–H and O–H groups in total. The molecule has 16 heavy (non-hydrogen) atoms. The van der Waals surface area contributed by atoms with Crippen LogP contribution in [0.2, 0.25) is 0 Å². The van der Waals surface area contributed by atoms with E-state index in [0.29, 0.717) is 12.4 Å². The van der Waals surface area contributed by atoms with Crippen LogP contribution in [0.3, 0.4) is 0 Å². The van der Waals surface area contributed by atoms with Crippen LogP contribution in [-0.2, 0) is 0 Å². The van der Waals surface area contributed by atoms with Crippen LogP contribution in [0, 0.1) is 0 Å². The van der Waals surface area contributed by atoms with E-state index in [1.807, 2.05) is 0 Å². The van der Waals surface area contributed by atoms with Gasteiger partial charge in [0.15, 0.2) is 11.5 Å². The van der Waals surface area contributed by atoms with Crippen LogP contribution in [0.5, 0.6) is 11.5 Å². The summed E-state index contributed by atoms with van der Waals surface area (Å²) in [6.07, 6.45) is 1.96. The number of aromatic carboxylic acids is 1. The number of carboxylic acid groups (broad SMARTS) is 1. The molecule has 0 amide bonds. The van der Waals surface area contributed by atoms with Crippen LogP contribution in [0.15, 0.2) is 18.2 Å². The van der Waals surface area contributed by atoms with Gasteiger partial charge in [0.1, 0.15) is 5.56 Å². The second kappa shape index (κ2) is 6.00. The van der Waals surface area contributed by atoms with Crippen molar-refractivity contribution in [2.75, 3.05) is 13.7 Å². The number of benzene rings is 1. The maximum absolute atomic E-state index is 10.9. The van der Waals surface area contributed by atoms with Gasteiger partial charge in [0, 0.05) is 0 Å². The molecule has 0 aliphatic carbocycles. The van der Waals surface area contributed by atoms with E-state index in [9.17, 15) is 4.79 Å². The molecule has 0 aliphatic heterocycles. The maximum Gasteiger partial charge on any atom is 0.339 e. The monoisotopic (exact) mass is 224 g/mol. The first kappa shape index (κ1) is 12.4. The number of carbonyl (C=O) groups is 1. The Morgan fingerprint density at radius 1 is 1.44 bits per heavy atom. The quantitative estimate of drug-likeness (QED) is 0.754. The van der Waals surface area contributed by atoms with Crippen molar-refractivity contribution < 1.29 is 19.4 Å². The predicted octanol–water partition coefficient (Wildman–Crippen LogP) is 2.57. The molecule has 1 rings (SSSR count). The molecule has 0 saturated heterocycles. The largest absolute Gasteiger partial charge is 0.492 e. The Morgan fingerprint density at radius 2 is 2.19 bits per heavy atom. The number of unbranched alkanes of at least 4 members (excludes halogenated alkanes) is 1. The fraction of sp³-hybridized carbons (Fsp3) is 0.417. The molecule has 0 radical (unpaired) electrons. The van der Waals surface area contributed by atoms with Crippen molar-refractivity contribution in [3.05, 3.63) is 23.8 Å². The molecule has 0 aliphatic rings. The number of rotatable bonds is 6. The third kappa shape index (κ3) is 2.89. The van der Waals surface area contributed by atoms with Gasteiger partial charge < -0.3 is 14.6 Å². The molecule has 4 heteroatoms. The van der Waals surface area contributed by atoms with Gasteiger partial charge in [-0.1, -0.05) is 19.4 Å². The Morgan fingerprint density at radius 3 is 2.75 bits per heavy atom. The van der Waals surface area contributed by atoms with Gasteiger partial charge in [-0.05, 0) is 18.6 Å². The van der Waals surface area contributed by atoms with Crippen LogP contribution in [0.4, 0.5) is 0 Å². The molecule has 88 valence electrons. The number of methoxy groups -OCH3 is 1. The Bertz CT molecular complexity index is 360. The second-order valence-corrected chi connectivity index (χ2v) is 3.34. The number of hydrogen-bond donors (Lipinski definition) is 1. The second-order valence-electron chi connectivity index (χ2n) is 3.34. The van der Waals surface area contributed by atoms with Crippen molar-refractivity contribution in [1.82, 2.24) is 0 Å². The molecule has 0 heterocycles. The Hall–Kier alpha value is -1.71. The van der Waals surface area contributed by atoms with Crippen molar-refractivity contribution in [3.8, 4) is 11.5 Å². The minimum absolute atomic E-state index is 0.122. The van der Waals surface area contributed by atoms with E-state index >= 15 is 0 Å². The van der Waals surface area contributed by atoms with Crippen LogP contribution in [0.25, 0.3) is 0 Å². The normalized spacial score (nSPS) is 9.88. The van der Waals surface area contributed by atoms with Gasteiger partial charge in [-0.15, -0.1) is 0 Å². The average molecular weight is 224 g/mol. The highest BCUT2D eigenvalue weighted by Crippen LogP contribution is 2.31. The van der Waals surface area contributed by atoms with E-state index < -0.39 is 5.97 Å². The van der Waals surface area contributed by atoms with Crippen molar-refractivity contribution in [3.63, 3.8) is 0 Å². The van der Waals surface area contributed by atoms with Crippen molar-refractivity contribution in [1.29, 1.82) is 0 Å². The summed E-state index contributed by atoms with van der Waals surface area (Å²) >= 11 is 0. The lowest BCUT2D eigenvalue weighted by atomic mass is 10.2. The van der Waals surface area contributed by atoms with Crippen LogP contribution < -0.4 is 9.47 Å². The van der Waals surface area contributed by atoms with E-state index in [-0.39, 0.29) is 11.3 Å². The zero-order valence-corrected chi connectivity index (χ0v) is 9.53. The first-order chi connectivity index (χ1) is 7.70. The minimum atomic E-state index is -1.02. The molecule has 0 bridgehead atoms. The number of carboxylic acids is 1. The smallest absolute Gasteiger partial charge is 0.339 e. The third-order valence-corrected chi connectivity index (χ3v) is 2.17. The lowest BCUT2D eigenvalue weighted by molar-refractivity contribution is 0.0692. The molecule has 0 aromatic heterocycles. The summed E-state index contributed by atoms with van der Waals surface area (Å²) in [6, 6.07) is 4.85. The van der Waals surface area contributed by atoms with Gasteiger partial charge in [0.05, 0.1) is 13.7 Å². The maximum atomic E-state index is 10.9. The van der Waals surface area contributed by atoms with Gasteiger partial charge in [-0.3, -0.25) is 0 Å². The van der Waals surface area contributed by atoms with Gasteiger partial charge in [-0.25, -0.2) is 4.79 Å². The SMILES string of the molecule is CCCCOc1cccc(C(=O)O)c1OC. The highest BCUT2D eigenvalue weighted by Gasteiger charge is 2.15. The first-order valence-corrected chi connectivity index (χ1v) is 5.23. The third-order valence-electron chi connectivity index (χ3n) is 2.17. The van der Waals surface area contributed by atoms with Gasteiger partial charge in [0.25, 0.3) is 0 Å². The van der Waals surface area contributed by atoms with E-state index in [1.165, 1.54) is 13.2 Å². The summed E-state index contributed by atoms with van der Waals surface area (Å²) in [5.41, 5.74) is 0.122. The van der Waals surface area contributed by atoms with E-state index in [1.54, 1.807) is 12.1 Å². The zero-order chi connectivity index (χ0) is 12.0. The van der Waals surface area contributed by atoms with E-state index in [0.717, 1.165) is 12.8 Å². The van der Waals surface area contributed by atoms with Crippen LogP contribution >= 0.6 is 0 Å². The Labute approximate surface area is 94.8 Å². The molecule has 1 aromatic carbocycles. The summed E-state index contributed by atoms with van der Waals surface area (Å²) in [7, 11) is 1.44. The standard InChI is InChI=1S/C12H16O4/c1-3-4-8-16-10-7-5-6-9(12(13)14)11(10)15-2/h5-7H,3-4,8H2,1-2H3,(H,13,14). The molecule has 0 atom stereocenters. The first-order valence-electron chi connectivity index (χ1n) is 5.23. The van der Waals surface area contributed by atoms with Gasteiger partial charge >= 0.3 is 5.97 Å². The van der Waals surface area contributed by atoms with Crippen molar-refractivity contribution in [2.45, 2.75) is 19.8 Å². The summed E-state index contributed by atoms with van der Waals surface area (Å²) in [5.74, 6) is -0.250. The average Bonchev–Trinajstić information content (AvgIpc) is 2.29. The minimum Gasteiger partial charge on any atom is -0.492 e. The molecule has 4 nitrogen and oxygen atoms in total. The number of hydrogen-bond acceptors (Lipinski definition) is 3. The molecule has 1 aromatic rings. The lowest BCUT2D eigenvalue weighted by Crippen LogP contribution is -2.04. The van der Waals surface area contributed by atoms with E-state index in [4.69, 9.17) is 14.6 Å². The lowest BCUT2D eigenvalue weighted by Gasteiger charge is -2.12. The van der Waals surface area contributed by atoms with Crippen molar-refractivity contribution in [2.24, 2.45) is 0 Å². The topological polar surface area (TPSA) is 55.8 Å². The molecule has 0 fully saturated rings. The number of para-hydroxylation sites is 1. The molecular weight excluding hydrogens is 208 g/mol. The van der Waals surface area contributed by atoms with Gasteiger partial charge in [-0.2, -0.15) is 0 Å². The highest BCUT2D eigenvalue weighted by atomic mass is 16.5. The summed E-state index contributed by atoms with van der Waals surface area (Å²) in [6.45, 7) is 2.63. The van der Waals surface area contributed by atoms with Gasteiger partial charge in [0.2, 0.25) is 0 Å². The van der Waals surface area contributed by atoms with Crippen LogP contribution in [-0.4, -0.2) is 24.8 Å². The van der Waals surface area contributed by atoms with Crippen LogP contribution in [0.1, 0.15) is 30.1 Å². The van der Waals surface area contributed by atoms with Crippen molar-refractivity contribution >= 4 is 5.97 Å². The fourth-order valence-corrected chi connectivity index (χ4v) is 1.33. The van der Waals surface area contributed by atoms with E-state index in [2.05, 4.69) is 6.92 Å². The molecule has 0 spiro atoms.